The summed E-state index contributed by atoms with van der Waals surface area (Å²) in [6, 6.07) is 12.9. The number of carbonyl (C=O) groups is 1. The fourth-order valence-corrected chi connectivity index (χ4v) is 3.17. The van der Waals surface area contributed by atoms with E-state index in [2.05, 4.69) is 44.8 Å². The number of piperidine rings is 1. The largest absolute Gasteiger partial charge is 0.338 e. The highest BCUT2D eigenvalue weighted by atomic mass is 19.1. The second kappa shape index (κ2) is 8.58. The molecule has 0 saturated carbocycles. The third-order valence-electron chi connectivity index (χ3n) is 4.39. The molecule has 0 unspecified atom stereocenters. The summed E-state index contributed by atoms with van der Waals surface area (Å²) in [7, 11) is 0. The summed E-state index contributed by atoms with van der Waals surface area (Å²) in [5.74, 6) is -0.124. The molecule has 0 bridgehead atoms. The van der Waals surface area contributed by atoms with Crippen LogP contribution in [0.15, 0.2) is 48.7 Å². The standard InChI is InChI=1S/C19H23FN4O/c20-18-9-8-17(12-21-18)23-19(25)22-11-16-7-4-10-24(14-16)13-15-5-2-1-3-6-15/h1-3,5-6,8-9,12,16H,4,7,10-11,13-14H2,(H2,22,23,25)/t16-/m0/s1. The molecule has 132 valence electrons. The minimum absolute atomic E-state index is 0.284. The third-order valence-corrected chi connectivity index (χ3v) is 4.39. The van der Waals surface area contributed by atoms with Gasteiger partial charge in [-0.15, -0.1) is 0 Å². The molecule has 5 nitrogen and oxygen atoms in total. The molecule has 1 aromatic carbocycles. The van der Waals surface area contributed by atoms with Gasteiger partial charge in [-0.25, -0.2) is 9.78 Å². The number of benzene rings is 1. The van der Waals surface area contributed by atoms with Crippen molar-refractivity contribution < 1.29 is 9.18 Å². The molecule has 1 aliphatic heterocycles. The molecule has 3 rings (SSSR count). The Kier molecular flexibility index (Phi) is 5.95. The minimum Gasteiger partial charge on any atom is -0.338 e. The van der Waals surface area contributed by atoms with Gasteiger partial charge in [0.25, 0.3) is 0 Å². The van der Waals surface area contributed by atoms with Crippen molar-refractivity contribution >= 4 is 11.7 Å². The van der Waals surface area contributed by atoms with E-state index in [-0.39, 0.29) is 6.03 Å². The van der Waals surface area contributed by atoms with E-state index in [9.17, 15) is 9.18 Å². The van der Waals surface area contributed by atoms with Crippen molar-refractivity contribution in [3.05, 3.63) is 60.2 Å². The van der Waals surface area contributed by atoms with Crippen molar-refractivity contribution in [1.82, 2.24) is 15.2 Å². The zero-order valence-electron chi connectivity index (χ0n) is 14.1. The van der Waals surface area contributed by atoms with Crippen LogP contribution in [0, 0.1) is 11.9 Å². The van der Waals surface area contributed by atoms with Crippen LogP contribution in [-0.4, -0.2) is 35.5 Å². The first-order valence-corrected chi connectivity index (χ1v) is 8.62. The van der Waals surface area contributed by atoms with Crippen molar-refractivity contribution in [3.63, 3.8) is 0 Å². The van der Waals surface area contributed by atoms with Crippen molar-refractivity contribution in [2.24, 2.45) is 5.92 Å². The summed E-state index contributed by atoms with van der Waals surface area (Å²) >= 11 is 0. The van der Waals surface area contributed by atoms with Gasteiger partial charge in [-0.3, -0.25) is 4.90 Å². The number of halogens is 1. The van der Waals surface area contributed by atoms with E-state index in [1.54, 1.807) is 0 Å². The molecule has 1 saturated heterocycles. The maximum Gasteiger partial charge on any atom is 0.319 e. The summed E-state index contributed by atoms with van der Waals surface area (Å²) in [6.07, 6.45) is 3.56. The van der Waals surface area contributed by atoms with E-state index in [1.165, 1.54) is 23.9 Å². The van der Waals surface area contributed by atoms with Gasteiger partial charge in [-0.1, -0.05) is 30.3 Å². The average Bonchev–Trinajstić information content (AvgIpc) is 2.63. The normalized spacial score (nSPS) is 17.9. The molecule has 0 spiro atoms. The lowest BCUT2D eigenvalue weighted by Gasteiger charge is -2.32. The lowest BCUT2D eigenvalue weighted by atomic mass is 9.97. The minimum atomic E-state index is -0.563. The molecular weight excluding hydrogens is 319 g/mol. The first kappa shape index (κ1) is 17.4. The highest BCUT2D eigenvalue weighted by Gasteiger charge is 2.20. The molecule has 6 heteroatoms. The molecular formula is C19H23FN4O. The number of aromatic nitrogens is 1. The van der Waals surface area contributed by atoms with Crippen LogP contribution in [-0.2, 0) is 6.54 Å². The van der Waals surface area contributed by atoms with E-state index in [0.29, 0.717) is 18.2 Å². The molecule has 0 radical (unpaired) electrons. The number of amides is 2. The molecule has 0 aliphatic carbocycles. The van der Waals surface area contributed by atoms with Gasteiger partial charge in [0, 0.05) is 19.6 Å². The predicted octanol–water partition coefficient (Wildman–Crippen LogP) is 3.25. The lowest BCUT2D eigenvalue weighted by Crippen LogP contribution is -2.41. The zero-order chi connectivity index (χ0) is 17.5. The Labute approximate surface area is 147 Å². The Balaban J connectivity index is 1.43. The quantitative estimate of drug-likeness (QED) is 0.820. The number of nitrogens with one attached hydrogen (secondary N) is 2. The number of likely N-dealkylation sites (tertiary alicyclic amines) is 1. The van der Waals surface area contributed by atoms with Crippen molar-refractivity contribution in [1.29, 1.82) is 0 Å². The molecule has 2 amide bonds. The van der Waals surface area contributed by atoms with Gasteiger partial charge >= 0.3 is 6.03 Å². The van der Waals surface area contributed by atoms with E-state index < -0.39 is 5.95 Å². The van der Waals surface area contributed by atoms with Gasteiger partial charge in [0.1, 0.15) is 0 Å². The molecule has 1 atom stereocenters. The van der Waals surface area contributed by atoms with E-state index in [4.69, 9.17) is 0 Å². The number of anilines is 1. The van der Waals surface area contributed by atoms with E-state index >= 15 is 0 Å². The number of pyridine rings is 1. The summed E-state index contributed by atoms with van der Waals surface area (Å²) < 4.78 is 12.8. The molecule has 1 aliphatic rings. The second-order valence-corrected chi connectivity index (χ2v) is 6.43. The van der Waals surface area contributed by atoms with Gasteiger partial charge in [-0.2, -0.15) is 4.39 Å². The van der Waals surface area contributed by atoms with Crippen LogP contribution in [0.3, 0.4) is 0 Å². The molecule has 25 heavy (non-hydrogen) atoms. The highest BCUT2D eigenvalue weighted by Crippen LogP contribution is 2.18. The van der Waals surface area contributed by atoms with Gasteiger partial charge in [0.2, 0.25) is 5.95 Å². The fraction of sp³-hybridized carbons (Fsp3) is 0.368. The lowest BCUT2D eigenvalue weighted by molar-refractivity contribution is 0.166. The van der Waals surface area contributed by atoms with E-state index in [1.807, 2.05) is 6.07 Å². The van der Waals surface area contributed by atoms with Crippen molar-refractivity contribution in [2.45, 2.75) is 19.4 Å². The number of hydrogen-bond donors (Lipinski definition) is 2. The van der Waals surface area contributed by atoms with Crippen LogP contribution in [0.5, 0.6) is 0 Å². The number of nitrogens with zero attached hydrogens (tertiary/aromatic N) is 2. The van der Waals surface area contributed by atoms with Gasteiger partial charge in [0.15, 0.2) is 0 Å². The maximum absolute atomic E-state index is 12.8. The average molecular weight is 342 g/mol. The van der Waals surface area contributed by atoms with Crippen molar-refractivity contribution in [3.8, 4) is 0 Å². The number of carbonyl (C=O) groups excluding carboxylic acids is 1. The van der Waals surface area contributed by atoms with Crippen LogP contribution < -0.4 is 10.6 Å². The Bertz CT molecular complexity index is 678. The molecule has 1 fully saturated rings. The Morgan fingerprint density at radius 1 is 1.24 bits per heavy atom. The predicted molar refractivity (Wildman–Crippen MR) is 95.7 cm³/mol. The first-order chi connectivity index (χ1) is 12.2. The third kappa shape index (κ3) is 5.53. The summed E-state index contributed by atoms with van der Waals surface area (Å²) in [6.45, 7) is 3.66. The smallest absolute Gasteiger partial charge is 0.319 e. The Morgan fingerprint density at radius 2 is 2.08 bits per heavy atom. The molecule has 2 heterocycles. The molecule has 2 N–H and O–H groups in total. The monoisotopic (exact) mass is 342 g/mol. The Morgan fingerprint density at radius 3 is 2.84 bits per heavy atom. The van der Waals surface area contributed by atoms with Crippen LogP contribution >= 0.6 is 0 Å². The van der Waals surface area contributed by atoms with Crippen LogP contribution in [0.2, 0.25) is 0 Å². The highest BCUT2D eigenvalue weighted by molar-refractivity contribution is 5.88. The van der Waals surface area contributed by atoms with Gasteiger partial charge in [0.05, 0.1) is 11.9 Å². The van der Waals surface area contributed by atoms with Crippen LogP contribution in [0.4, 0.5) is 14.9 Å². The number of rotatable bonds is 5. The summed E-state index contributed by atoms with van der Waals surface area (Å²) in [5.41, 5.74) is 1.80. The van der Waals surface area contributed by atoms with Crippen LogP contribution in [0.25, 0.3) is 0 Å². The summed E-state index contributed by atoms with van der Waals surface area (Å²) in [4.78, 5) is 17.9. The topological polar surface area (TPSA) is 57.3 Å². The first-order valence-electron chi connectivity index (χ1n) is 8.62. The molecule has 1 aromatic heterocycles. The zero-order valence-corrected chi connectivity index (χ0v) is 14.1. The van der Waals surface area contributed by atoms with Crippen LogP contribution in [0.1, 0.15) is 18.4 Å². The van der Waals surface area contributed by atoms with Gasteiger partial charge in [-0.05, 0) is 43.0 Å². The Hall–Kier alpha value is -2.47. The second-order valence-electron chi connectivity index (χ2n) is 6.43. The van der Waals surface area contributed by atoms with E-state index in [0.717, 1.165) is 32.5 Å². The van der Waals surface area contributed by atoms with Gasteiger partial charge < -0.3 is 10.6 Å². The van der Waals surface area contributed by atoms with Crippen molar-refractivity contribution in [2.75, 3.05) is 25.0 Å². The number of hydrogen-bond acceptors (Lipinski definition) is 3. The fourth-order valence-electron chi connectivity index (χ4n) is 3.17. The summed E-state index contributed by atoms with van der Waals surface area (Å²) in [5, 5.41) is 5.57. The molecule has 2 aromatic rings. The number of urea groups is 1. The SMILES string of the molecule is O=C(NC[C@@H]1CCCN(Cc2ccccc2)C1)Nc1ccc(F)nc1. The maximum atomic E-state index is 12.8.